The molecule has 1 atom stereocenters. The highest BCUT2D eigenvalue weighted by molar-refractivity contribution is 7.15. The quantitative estimate of drug-likeness (QED) is 0.899. The third-order valence-electron chi connectivity index (χ3n) is 2.41. The number of nitrogens with one attached hydrogen (secondary N) is 1. The molecular weight excluding hydrogens is 275 g/mol. The van der Waals surface area contributed by atoms with E-state index in [1.165, 1.54) is 17.4 Å². The summed E-state index contributed by atoms with van der Waals surface area (Å²) >= 11 is 1.32. The Morgan fingerprint density at radius 1 is 1.37 bits per heavy atom. The maximum Gasteiger partial charge on any atom is 0.416 e. The van der Waals surface area contributed by atoms with E-state index in [0.717, 1.165) is 17.0 Å². The van der Waals surface area contributed by atoms with Crippen LogP contribution >= 0.6 is 11.3 Å². The summed E-state index contributed by atoms with van der Waals surface area (Å²) in [6.07, 6.45) is -2.73. The number of halogens is 3. The maximum absolute atomic E-state index is 12.6. The molecule has 3 nitrogen and oxygen atoms in total. The van der Waals surface area contributed by atoms with Gasteiger partial charge in [0.15, 0.2) is 5.13 Å². The zero-order valence-electron chi connectivity index (χ0n) is 10.0. The number of benzene rings is 1. The molecule has 0 aliphatic rings. The van der Waals surface area contributed by atoms with Crippen molar-refractivity contribution < 1.29 is 13.2 Å². The van der Waals surface area contributed by atoms with Crippen LogP contribution in [-0.2, 0) is 6.18 Å². The summed E-state index contributed by atoms with van der Waals surface area (Å²) in [5.41, 5.74) is 5.35. The van der Waals surface area contributed by atoms with Gasteiger partial charge in [-0.3, -0.25) is 0 Å². The molecule has 0 amide bonds. The summed E-state index contributed by atoms with van der Waals surface area (Å²) in [4.78, 5) is 4.94. The van der Waals surface area contributed by atoms with Gasteiger partial charge >= 0.3 is 6.18 Å². The zero-order chi connectivity index (χ0) is 14.0. The van der Waals surface area contributed by atoms with Crippen LogP contribution in [0.1, 0.15) is 23.4 Å². The molecule has 7 heteroatoms. The Bertz CT molecular complexity index is 563. The topological polar surface area (TPSA) is 50.9 Å². The van der Waals surface area contributed by atoms with Gasteiger partial charge in [0.1, 0.15) is 0 Å². The Morgan fingerprint density at radius 3 is 2.68 bits per heavy atom. The summed E-state index contributed by atoms with van der Waals surface area (Å²) in [6, 6.07) is 4.84. The van der Waals surface area contributed by atoms with Crippen LogP contribution in [0.25, 0.3) is 0 Å². The monoisotopic (exact) mass is 287 g/mol. The van der Waals surface area contributed by atoms with E-state index in [1.54, 1.807) is 12.3 Å². The van der Waals surface area contributed by atoms with Crippen LogP contribution < -0.4 is 11.1 Å². The minimum Gasteiger partial charge on any atom is -0.332 e. The van der Waals surface area contributed by atoms with Gasteiger partial charge in [-0.15, -0.1) is 11.3 Å². The Labute approximate surface area is 112 Å². The van der Waals surface area contributed by atoms with Crippen LogP contribution in [0.4, 0.5) is 24.0 Å². The van der Waals surface area contributed by atoms with Crippen molar-refractivity contribution in [3.8, 4) is 0 Å². The van der Waals surface area contributed by atoms with Crippen molar-refractivity contribution in [2.24, 2.45) is 5.73 Å². The smallest absolute Gasteiger partial charge is 0.332 e. The number of hydrogen-bond acceptors (Lipinski definition) is 4. The molecule has 0 aliphatic heterocycles. The zero-order valence-corrected chi connectivity index (χ0v) is 10.8. The highest BCUT2D eigenvalue weighted by Gasteiger charge is 2.30. The lowest BCUT2D eigenvalue weighted by Crippen LogP contribution is -2.05. The predicted molar refractivity (Wildman–Crippen MR) is 69.4 cm³/mol. The molecule has 1 aromatic carbocycles. The van der Waals surface area contributed by atoms with Gasteiger partial charge in [-0.05, 0) is 25.1 Å². The first kappa shape index (κ1) is 13.8. The molecule has 3 N–H and O–H groups in total. The van der Waals surface area contributed by atoms with Gasteiger partial charge in [-0.2, -0.15) is 13.2 Å². The van der Waals surface area contributed by atoms with Gasteiger partial charge in [0.05, 0.1) is 5.56 Å². The second-order valence-corrected chi connectivity index (χ2v) is 5.12. The number of alkyl halides is 3. The second kappa shape index (κ2) is 5.18. The number of nitrogens with two attached hydrogens (primary N) is 1. The average molecular weight is 287 g/mol. The van der Waals surface area contributed by atoms with Crippen molar-refractivity contribution in [2.75, 3.05) is 5.32 Å². The molecule has 0 aliphatic carbocycles. The molecule has 1 aromatic heterocycles. The highest BCUT2D eigenvalue weighted by atomic mass is 32.1. The average Bonchev–Trinajstić information content (AvgIpc) is 2.77. The molecule has 0 saturated heterocycles. The largest absolute Gasteiger partial charge is 0.416 e. The van der Waals surface area contributed by atoms with E-state index in [1.807, 2.05) is 6.92 Å². The summed E-state index contributed by atoms with van der Waals surface area (Å²) < 4.78 is 37.7. The van der Waals surface area contributed by atoms with Crippen molar-refractivity contribution in [1.29, 1.82) is 0 Å². The van der Waals surface area contributed by atoms with Crippen LogP contribution in [0.2, 0.25) is 0 Å². The first-order chi connectivity index (χ1) is 8.86. The fraction of sp³-hybridized carbons (Fsp3) is 0.250. The number of thiazole rings is 1. The van der Waals surface area contributed by atoms with E-state index in [0.29, 0.717) is 10.8 Å². The molecule has 2 aromatic rings. The SMILES string of the molecule is CC(N)c1cnc(Nc2cccc(C(F)(F)F)c2)s1. The van der Waals surface area contributed by atoms with E-state index in [2.05, 4.69) is 10.3 Å². The highest BCUT2D eigenvalue weighted by Crippen LogP contribution is 2.32. The van der Waals surface area contributed by atoms with Crippen LogP contribution in [0.3, 0.4) is 0 Å². The minimum atomic E-state index is -4.35. The molecule has 19 heavy (non-hydrogen) atoms. The van der Waals surface area contributed by atoms with Gasteiger partial charge in [0, 0.05) is 22.8 Å². The van der Waals surface area contributed by atoms with Crippen molar-refractivity contribution in [3.63, 3.8) is 0 Å². The molecule has 0 spiro atoms. The van der Waals surface area contributed by atoms with Crippen molar-refractivity contribution in [2.45, 2.75) is 19.1 Å². The number of hydrogen-bond donors (Lipinski definition) is 2. The van der Waals surface area contributed by atoms with E-state index in [-0.39, 0.29) is 6.04 Å². The maximum atomic E-state index is 12.6. The molecule has 1 unspecified atom stereocenters. The third-order valence-corrected chi connectivity index (χ3v) is 3.53. The van der Waals surface area contributed by atoms with Crippen LogP contribution in [0, 0.1) is 0 Å². The number of anilines is 2. The number of nitrogens with zero attached hydrogens (tertiary/aromatic N) is 1. The van der Waals surface area contributed by atoms with Gasteiger partial charge in [-0.25, -0.2) is 4.98 Å². The first-order valence-electron chi connectivity index (χ1n) is 5.52. The Balaban J connectivity index is 2.19. The third kappa shape index (κ3) is 3.45. The summed E-state index contributed by atoms with van der Waals surface area (Å²) in [7, 11) is 0. The van der Waals surface area contributed by atoms with Gasteiger partial charge in [0.25, 0.3) is 0 Å². The van der Waals surface area contributed by atoms with Gasteiger partial charge in [-0.1, -0.05) is 6.07 Å². The lowest BCUT2D eigenvalue weighted by molar-refractivity contribution is -0.137. The van der Waals surface area contributed by atoms with E-state index in [4.69, 9.17) is 5.73 Å². The first-order valence-corrected chi connectivity index (χ1v) is 6.33. The Hall–Kier alpha value is -1.60. The normalized spacial score (nSPS) is 13.3. The van der Waals surface area contributed by atoms with Crippen molar-refractivity contribution in [3.05, 3.63) is 40.9 Å². The molecule has 0 fully saturated rings. The standard InChI is InChI=1S/C12H12F3N3S/c1-7(16)10-6-17-11(19-10)18-9-4-2-3-8(5-9)12(13,14)15/h2-7H,16H2,1H3,(H,17,18). The van der Waals surface area contributed by atoms with E-state index < -0.39 is 11.7 Å². The predicted octanol–water partition coefficient (Wildman–Crippen LogP) is 3.93. The Kier molecular flexibility index (Phi) is 3.77. The van der Waals surface area contributed by atoms with Crippen molar-refractivity contribution >= 4 is 22.2 Å². The number of aromatic nitrogens is 1. The molecule has 102 valence electrons. The van der Waals surface area contributed by atoms with Crippen LogP contribution in [0.15, 0.2) is 30.5 Å². The summed E-state index contributed by atoms with van der Waals surface area (Å²) in [5, 5.41) is 3.36. The molecule has 1 heterocycles. The molecule has 0 saturated carbocycles. The second-order valence-electron chi connectivity index (χ2n) is 4.06. The molecule has 0 radical (unpaired) electrons. The van der Waals surface area contributed by atoms with E-state index in [9.17, 15) is 13.2 Å². The fourth-order valence-corrected chi connectivity index (χ4v) is 2.24. The Morgan fingerprint density at radius 2 is 2.11 bits per heavy atom. The molecule has 2 rings (SSSR count). The lowest BCUT2D eigenvalue weighted by atomic mass is 10.2. The summed E-state index contributed by atoms with van der Waals surface area (Å²) in [5.74, 6) is 0. The van der Waals surface area contributed by atoms with Crippen molar-refractivity contribution in [1.82, 2.24) is 4.98 Å². The fourth-order valence-electron chi connectivity index (χ4n) is 1.45. The minimum absolute atomic E-state index is 0.144. The number of rotatable bonds is 3. The molecular formula is C12H12F3N3S. The van der Waals surface area contributed by atoms with E-state index >= 15 is 0 Å². The lowest BCUT2D eigenvalue weighted by Gasteiger charge is -2.08. The molecule has 0 bridgehead atoms. The summed E-state index contributed by atoms with van der Waals surface area (Å²) in [6.45, 7) is 1.82. The van der Waals surface area contributed by atoms with Crippen LogP contribution in [0.5, 0.6) is 0 Å². The van der Waals surface area contributed by atoms with Gasteiger partial charge < -0.3 is 11.1 Å². The van der Waals surface area contributed by atoms with Gasteiger partial charge in [0.2, 0.25) is 0 Å². The van der Waals surface area contributed by atoms with Crippen LogP contribution in [-0.4, -0.2) is 4.98 Å².